The fraction of sp³-hybridized carbons (Fsp3) is 0. The zero-order chi connectivity index (χ0) is 19.0. The number of nitrogens with zero attached hydrogens (tertiary/aromatic N) is 3. The van der Waals surface area contributed by atoms with E-state index in [0.29, 0.717) is 27.1 Å². The fourth-order valence-corrected chi connectivity index (χ4v) is 3.60. The summed E-state index contributed by atoms with van der Waals surface area (Å²) >= 11 is 15.8. The Morgan fingerprint density at radius 1 is 1.07 bits per heavy atom. The maximum atomic E-state index is 10.1. The van der Waals surface area contributed by atoms with Gasteiger partial charge in [-0.25, -0.2) is 9.98 Å². The second-order valence-electron chi connectivity index (χ2n) is 5.80. The third-order valence-corrected chi connectivity index (χ3v) is 5.05. The summed E-state index contributed by atoms with van der Waals surface area (Å²) < 4.78 is 2.71. The summed E-state index contributed by atoms with van der Waals surface area (Å²) in [7, 11) is 0. The molecule has 4 aromatic rings. The van der Waals surface area contributed by atoms with E-state index < -0.39 is 0 Å². The van der Waals surface area contributed by atoms with Crippen LogP contribution in [0.1, 0.15) is 5.56 Å². The number of aromatic hydroxyl groups is 1. The van der Waals surface area contributed by atoms with Crippen LogP contribution in [-0.4, -0.2) is 20.7 Å². The molecule has 0 bridgehead atoms. The minimum absolute atomic E-state index is 0.141. The molecule has 134 valence electrons. The van der Waals surface area contributed by atoms with Crippen LogP contribution in [0.2, 0.25) is 10.0 Å². The smallest absolute Gasteiger partial charge is 0.165 e. The number of halogens is 3. The quantitative estimate of drug-likeness (QED) is 0.353. The predicted octanol–water partition coefficient (Wildman–Crippen LogP) is 6.53. The van der Waals surface area contributed by atoms with E-state index in [1.54, 1.807) is 36.5 Å². The largest absolute Gasteiger partial charge is 0.507 e. The maximum absolute atomic E-state index is 10.1. The van der Waals surface area contributed by atoms with Crippen molar-refractivity contribution >= 4 is 56.8 Å². The predicted molar refractivity (Wildman–Crippen MR) is 114 cm³/mol. The normalized spacial score (nSPS) is 11.5. The molecule has 0 unspecified atom stereocenters. The highest BCUT2D eigenvalue weighted by Gasteiger charge is 2.16. The van der Waals surface area contributed by atoms with Crippen molar-refractivity contribution in [2.45, 2.75) is 0 Å². The van der Waals surface area contributed by atoms with Gasteiger partial charge in [0.2, 0.25) is 0 Å². The van der Waals surface area contributed by atoms with Gasteiger partial charge in [-0.2, -0.15) is 0 Å². The fourth-order valence-electron chi connectivity index (χ4n) is 2.73. The van der Waals surface area contributed by atoms with E-state index in [4.69, 9.17) is 23.2 Å². The lowest BCUT2D eigenvalue weighted by molar-refractivity contribution is 0.474. The number of hydrogen-bond donors (Lipinski definition) is 1. The van der Waals surface area contributed by atoms with Crippen LogP contribution >= 0.6 is 39.1 Å². The molecule has 0 saturated heterocycles. The molecule has 0 fully saturated rings. The Morgan fingerprint density at radius 3 is 2.74 bits per heavy atom. The van der Waals surface area contributed by atoms with Gasteiger partial charge in [0.15, 0.2) is 5.82 Å². The highest BCUT2D eigenvalue weighted by atomic mass is 79.9. The first-order chi connectivity index (χ1) is 13.0. The molecule has 2 aromatic carbocycles. The van der Waals surface area contributed by atoms with Gasteiger partial charge in [0, 0.05) is 33.0 Å². The van der Waals surface area contributed by atoms with E-state index in [9.17, 15) is 5.11 Å². The van der Waals surface area contributed by atoms with Gasteiger partial charge in [-0.3, -0.25) is 4.40 Å². The molecule has 0 amide bonds. The zero-order valence-electron chi connectivity index (χ0n) is 13.8. The standard InChI is InChI=1S/C20H12BrCl2N3O/c21-13-4-7-17(27)12(9-13)11-24-20-19(15-6-5-14(22)10-16(15)23)25-18-3-1-2-8-26(18)20/h1-11,27H. The summed E-state index contributed by atoms with van der Waals surface area (Å²) in [5, 5.41) is 11.1. The van der Waals surface area contributed by atoms with Crippen molar-refractivity contribution in [3.05, 3.63) is 80.9 Å². The topological polar surface area (TPSA) is 49.9 Å². The molecule has 0 atom stereocenters. The molecule has 7 heteroatoms. The van der Waals surface area contributed by atoms with Crippen LogP contribution in [0, 0.1) is 0 Å². The molecule has 4 rings (SSSR count). The monoisotopic (exact) mass is 459 g/mol. The zero-order valence-corrected chi connectivity index (χ0v) is 16.9. The molecule has 1 N–H and O–H groups in total. The number of hydrogen-bond acceptors (Lipinski definition) is 3. The van der Waals surface area contributed by atoms with Crippen LogP contribution in [0.15, 0.2) is 70.3 Å². The molecule has 27 heavy (non-hydrogen) atoms. The van der Waals surface area contributed by atoms with Gasteiger partial charge in [-0.1, -0.05) is 45.2 Å². The summed E-state index contributed by atoms with van der Waals surface area (Å²) in [4.78, 5) is 9.29. The van der Waals surface area contributed by atoms with Gasteiger partial charge in [-0.15, -0.1) is 0 Å². The van der Waals surface area contributed by atoms with Crippen molar-refractivity contribution in [2.75, 3.05) is 0 Å². The number of rotatable bonds is 3. The van der Waals surface area contributed by atoms with Gasteiger partial charge in [0.05, 0.1) is 5.02 Å². The van der Waals surface area contributed by atoms with E-state index in [2.05, 4.69) is 25.9 Å². The summed E-state index contributed by atoms with van der Waals surface area (Å²) in [6.45, 7) is 0. The van der Waals surface area contributed by atoms with E-state index in [1.165, 1.54) is 0 Å². The summed E-state index contributed by atoms with van der Waals surface area (Å²) in [5.41, 5.74) is 2.69. The lowest BCUT2D eigenvalue weighted by Crippen LogP contribution is -1.86. The Bertz CT molecular complexity index is 1190. The van der Waals surface area contributed by atoms with E-state index in [1.807, 2.05) is 34.9 Å². The molecule has 0 spiro atoms. The lowest BCUT2D eigenvalue weighted by Gasteiger charge is -2.04. The number of fused-ring (bicyclic) bond motifs is 1. The minimum atomic E-state index is 0.141. The first-order valence-corrected chi connectivity index (χ1v) is 9.53. The van der Waals surface area contributed by atoms with Crippen molar-refractivity contribution in [1.29, 1.82) is 0 Å². The first-order valence-electron chi connectivity index (χ1n) is 7.98. The Balaban J connectivity index is 1.91. The van der Waals surface area contributed by atoms with Crippen molar-refractivity contribution in [2.24, 2.45) is 4.99 Å². The Morgan fingerprint density at radius 2 is 1.93 bits per heavy atom. The second kappa shape index (κ2) is 7.35. The van der Waals surface area contributed by atoms with Crippen molar-refractivity contribution in [3.8, 4) is 17.0 Å². The third-order valence-electron chi connectivity index (χ3n) is 4.01. The van der Waals surface area contributed by atoms with E-state index >= 15 is 0 Å². The lowest BCUT2D eigenvalue weighted by atomic mass is 10.1. The Hall–Kier alpha value is -2.34. The molecule has 2 aromatic heterocycles. The number of aliphatic imine (C=N–C) groups is 1. The summed E-state index contributed by atoms with van der Waals surface area (Å²) in [6, 6.07) is 16.1. The van der Waals surface area contributed by atoms with Gasteiger partial charge in [-0.05, 0) is 48.5 Å². The average molecular weight is 461 g/mol. The van der Waals surface area contributed by atoms with Crippen LogP contribution in [0.4, 0.5) is 5.82 Å². The molecule has 0 aliphatic rings. The SMILES string of the molecule is Oc1ccc(Br)cc1C=Nc1c(-c2ccc(Cl)cc2Cl)nc2ccccn12. The molecule has 4 nitrogen and oxygen atoms in total. The van der Waals surface area contributed by atoms with Crippen LogP contribution < -0.4 is 0 Å². The molecule has 2 heterocycles. The van der Waals surface area contributed by atoms with Gasteiger partial charge >= 0.3 is 0 Å². The van der Waals surface area contributed by atoms with Crippen LogP contribution in [0.3, 0.4) is 0 Å². The third kappa shape index (κ3) is 3.58. The molecule has 0 aliphatic carbocycles. The number of phenols is 1. The number of pyridine rings is 1. The van der Waals surface area contributed by atoms with Crippen molar-refractivity contribution in [1.82, 2.24) is 9.38 Å². The number of aromatic nitrogens is 2. The molecular weight excluding hydrogens is 449 g/mol. The van der Waals surface area contributed by atoms with Crippen LogP contribution in [-0.2, 0) is 0 Å². The Kier molecular flexibility index (Phi) is 4.91. The molecular formula is C20H12BrCl2N3O. The van der Waals surface area contributed by atoms with Gasteiger partial charge < -0.3 is 5.11 Å². The molecule has 0 radical (unpaired) electrons. The maximum Gasteiger partial charge on any atom is 0.165 e. The van der Waals surface area contributed by atoms with Crippen LogP contribution in [0.5, 0.6) is 5.75 Å². The summed E-state index contributed by atoms with van der Waals surface area (Å²) in [5.74, 6) is 0.746. The highest BCUT2D eigenvalue weighted by molar-refractivity contribution is 9.10. The number of benzene rings is 2. The first kappa shape index (κ1) is 18.0. The van der Waals surface area contributed by atoms with Crippen LogP contribution in [0.25, 0.3) is 16.9 Å². The van der Waals surface area contributed by atoms with Gasteiger partial charge in [0.25, 0.3) is 0 Å². The Labute approximate surface area is 173 Å². The minimum Gasteiger partial charge on any atom is -0.507 e. The molecule has 0 saturated carbocycles. The van der Waals surface area contributed by atoms with Crippen molar-refractivity contribution < 1.29 is 5.11 Å². The number of imidazole rings is 1. The van der Waals surface area contributed by atoms with E-state index in [-0.39, 0.29) is 5.75 Å². The van der Waals surface area contributed by atoms with E-state index in [0.717, 1.165) is 15.7 Å². The average Bonchev–Trinajstić information content (AvgIpc) is 3.01. The van der Waals surface area contributed by atoms with Gasteiger partial charge in [0.1, 0.15) is 17.1 Å². The summed E-state index contributed by atoms with van der Waals surface area (Å²) in [6.07, 6.45) is 3.48. The number of phenolic OH excluding ortho intramolecular Hbond substituents is 1. The molecule has 0 aliphatic heterocycles. The highest BCUT2D eigenvalue weighted by Crippen LogP contribution is 2.36. The second-order valence-corrected chi connectivity index (χ2v) is 7.56. The van der Waals surface area contributed by atoms with Crippen molar-refractivity contribution in [3.63, 3.8) is 0 Å².